The van der Waals surface area contributed by atoms with Gasteiger partial charge in [-0.15, -0.1) is 0 Å². The predicted octanol–water partition coefficient (Wildman–Crippen LogP) is 2.15. The second-order valence-electron chi connectivity index (χ2n) is 4.96. The lowest BCUT2D eigenvalue weighted by molar-refractivity contribution is 0.0808. The molecule has 0 aliphatic heterocycles. The first-order chi connectivity index (χ1) is 5.93. The highest BCUT2D eigenvalue weighted by atomic mass is 16.5. The summed E-state index contributed by atoms with van der Waals surface area (Å²) in [4.78, 5) is 0. The number of rotatable bonds is 5. The van der Waals surface area contributed by atoms with Crippen molar-refractivity contribution < 1.29 is 4.74 Å². The van der Waals surface area contributed by atoms with Crippen molar-refractivity contribution in [3.63, 3.8) is 0 Å². The fourth-order valence-corrected chi connectivity index (χ4v) is 1.96. The molecule has 0 amide bonds. The van der Waals surface area contributed by atoms with Gasteiger partial charge in [0, 0.05) is 13.7 Å². The molecule has 0 rings (SSSR count). The standard InChI is InChI=1S/C11H25NO/c1-9(8-13-6)10(7-12-5)11(2,3)4/h9-10,12H,7-8H2,1-6H3. The average molecular weight is 187 g/mol. The lowest BCUT2D eigenvalue weighted by atomic mass is 9.74. The van der Waals surface area contributed by atoms with Crippen LogP contribution in [0.15, 0.2) is 0 Å². The van der Waals surface area contributed by atoms with Crippen LogP contribution in [0.2, 0.25) is 0 Å². The Labute approximate surface area is 83.1 Å². The molecule has 0 bridgehead atoms. The Morgan fingerprint density at radius 2 is 1.85 bits per heavy atom. The van der Waals surface area contributed by atoms with Crippen molar-refractivity contribution in [1.82, 2.24) is 5.32 Å². The Hall–Kier alpha value is -0.0800. The van der Waals surface area contributed by atoms with E-state index in [1.807, 2.05) is 7.05 Å². The van der Waals surface area contributed by atoms with Gasteiger partial charge in [0.15, 0.2) is 0 Å². The second kappa shape index (κ2) is 5.61. The summed E-state index contributed by atoms with van der Waals surface area (Å²) in [6.07, 6.45) is 0. The van der Waals surface area contributed by atoms with E-state index in [4.69, 9.17) is 4.74 Å². The zero-order chi connectivity index (χ0) is 10.5. The van der Waals surface area contributed by atoms with Crippen molar-refractivity contribution in [2.45, 2.75) is 27.7 Å². The highest BCUT2D eigenvalue weighted by Crippen LogP contribution is 2.31. The van der Waals surface area contributed by atoms with Crippen LogP contribution in [0.4, 0.5) is 0 Å². The molecule has 0 radical (unpaired) electrons. The van der Waals surface area contributed by atoms with E-state index in [1.54, 1.807) is 7.11 Å². The fourth-order valence-electron chi connectivity index (χ4n) is 1.96. The Kier molecular flexibility index (Phi) is 5.57. The molecule has 0 spiro atoms. The summed E-state index contributed by atoms with van der Waals surface area (Å²) in [6, 6.07) is 0. The highest BCUT2D eigenvalue weighted by molar-refractivity contribution is 4.79. The molecular formula is C11H25NO. The van der Waals surface area contributed by atoms with E-state index in [2.05, 4.69) is 33.0 Å². The highest BCUT2D eigenvalue weighted by Gasteiger charge is 2.28. The number of ether oxygens (including phenoxy) is 1. The lowest BCUT2D eigenvalue weighted by Crippen LogP contribution is -2.36. The summed E-state index contributed by atoms with van der Waals surface area (Å²) in [6.45, 7) is 11.1. The predicted molar refractivity (Wildman–Crippen MR) is 57.9 cm³/mol. The second-order valence-corrected chi connectivity index (χ2v) is 4.96. The van der Waals surface area contributed by atoms with E-state index in [9.17, 15) is 0 Å². The first kappa shape index (κ1) is 12.9. The van der Waals surface area contributed by atoms with Gasteiger partial charge in [-0.3, -0.25) is 0 Å². The summed E-state index contributed by atoms with van der Waals surface area (Å²) >= 11 is 0. The molecule has 0 saturated heterocycles. The minimum absolute atomic E-state index is 0.348. The third-order valence-electron chi connectivity index (χ3n) is 2.65. The van der Waals surface area contributed by atoms with Crippen molar-refractivity contribution in [3.05, 3.63) is 0 Å². The largest absolute Gasteiger partial charge is 0.384 e. The van der Waals surface area contributed by atoms with Gasteiger partial charge < -0.3 is 10.1 Å². The quantitative estimate of drug-likeness (QED) is 0.712. The first-order valence-electron chi connectivity index (χ1n) is 5.07. The third-order valence-corrected chi connectivity index (χ3v) is 2.65. The van der Waals surface area contributed by atoms with Gasteiger partial charge in [0.1, 0.15) is 0 Å². The van der Waals surface area contributed by atoms with Gasteiger partial charge in [0.2, 0.25) is 0 Å². The average Bonchev–Trinajstić information content (AvgIpc) is 1.98. The molecule has 0 aromatic rings. The normalized spacial score (nSPS) is 17.1. The molecule has 2 unspecified atom stereocenters. The molecule has 0 aliphatic carbocycles. The Morgan fingerprint density at radius 3 is 2.15 bits per heavy atom. The molecule has 2 atom stereocenters. The molecular weight excluding hydrogens is 162 g/mol. The van der Waals surface area contributed by atoms with E-state index in [0.717, 1.165) is 13.2 Å². The van der Waals surface area contributed by atoms with Gasteiger partial charge >= 0.3 is 0 Å². The summed E-state index contributed by atoms with van der Waals surface area (Å²) in [5, 5.41) is 3.26. The van der Waals surface area contributed by atoms with Gasteiger partial charge in [-0.2, -0.15) is 0 Å². The third kappa shape index (κ3) is 4.63. The molecule has 0 fully saturated rings. The van der Waals surface area contributed by atoms with Gasteiger partial charge in [-0.05, 0) is 30.8 Å². The van der Waals surface area contributed by atoms with Crippen LogP contribution in [0.1, 0.15) is 27.7 Å². The Balaban J connectivity index is 4.23. The van der Waals surface area contributed by atoms with E-state index in [-0.39, 0.29) is 0 Å². The molecule has 0 aliphatic rings. The minimum atomic E-state index is 0.348. The van der Waals surface area contributed by atoms with Crippen molar-refractivity contribution >= 4 is 0 Å². The van der Waals surface area contributed by atoms with E-state index in [1.165, 1.54) is 0 Å². The number of hydrogen-bond acceptors (Lipinski definition) is 2. The maximum atomic E-state index is 5.20. The van der Waals surface area contributed by atoms with E-state index >= 15 is 0 Å². The molecule has 1 N–H and O–H groups in total. The summed E-state index contributed by atoms with van der Waals surface area (Å²) in [5.41, 5.74) is 0.348. The maximum absolute atomic E-state index is 5.20. The van der Waals surface area contributed by atoms with E-state index < -0.39 is 0 Å². The van der Waals surface area contributed by atoms with Crippen molar-refractivity contribution in [2.24, 2.45) is 17.3 Å². The van der Waals surface area contributed by atoms with Crippen molar-refractivity contribution in [1.29, 1.82) is 0 Å². The van der Waals surface area contributed by atoms with Crippen LogP contribution >= 0.6 is 0 Å². The minimum Gasteiger partial charge on any atom is -0.384 e. The first-order valence-corrected chi connectivity index (χ1v) is 5.07. The maximum Gasteiger partial charge on any atom is 0.0491 e. The van der Waals surface area contributed by atoms with Crippen LogP contribution in [0.3, 0.4) is 0 Å². The molecule has 13 heavy (non-hydrogen) atoms. The smallest absolute Gasteiger partial charge is 0.0491 e. The van der Waals surface area contributed by atoms with Crippen molar-refractivity contribution in [3.8, 4) is 0 Å². The van der Waals surface area contributed by atoms with Gasteiger partial charge in [0.25, 0.3) is 0 Å². The molecule has 0 aromatic heterocycles. The van der Waals surface area contributed by atoms with Crippen LogP contribution in [-0.2, 0) is 4.74 Å². The van der Waals surface area contributed by atoms with Crippen LogP contribution < -0.4 is 5.32 Å². The summed E-state index contributed by atoms with van der Waals surface area (Å²) in [7, 11) is 3.79. The van der Waals surface area contributed by atoms with Gasteiger partial charge in [0.05, 0.1) is 0 Å². The van der Waals surface area contributed by atoms with Crippen LogP contribution in [0.25, 0.3) is 0 Å². The summed E-state index contributed by atoms with van der Waals surface area (Å²) < 4.78 is 5.20. The fraction of sp³-hybridized carbons (Fsp3) is 1.00. The molecule has 2 heteroatoms. The molecule has 0 heterocycles. The number of hydrogen-bond donors (Lipinski definition) is 1. The molecule has 0 saturated carbocycles. The molecule has 0 aromatic carbocycles. The SMILES string of the molecule is CNCC(C(C)COC)C(C)(C)C. The van der Waals surface area contributed by atoms with Gasteiger partial charge in [-0.25, -0.2) is 0 Å². The number of nitrogens with one attached hydrogen (secondary N) is 1. The van der Waals surface area contributed by atoms with Crippen LogP contribution in [0, 0.1) is 17.3 Å². The summed E-state index contributed by atoms with van der Waals surface area (Å²) in [5.74, 6) is 1.27. The van der Waals surface area contributed by atoms with Gasteiger partial charge in [-0.1, -0.05) is 27.7 Å². The Bertz CT molecular complexity index is 129. The zero-order valence-corrected chi connectivity index (χ0v) is 9.98. The van der Waals surface area contributed by atoms with Crippen LogP contribution in [-0.4, -0.2) is 27.3 Å². The Morgan fingerprint density at radius 1 is 1.31 bits per heavy atom. The molecule has 2 nitrogen and oxygen atoms in total. The van der Waals surface area contributed by atoms with E-state index in [0.29, 0.717) is 17.3 Å². The molecule has 80 valence electrons. The number of methoxy groups -OCH3 is 1. The van der Waals surface area contributed by atoms with Crippen LogP contribution in [0.5, 0.6) is 0 Å². The monoisotopic (exact) mass is 187 g/mol. The lowest BCUT2D eigenvalue weighted by Gasteiger charge is -2.35. The van der Waals surface area contributed by atoms with Crippen molar-refractivity contribution in [2.75, 3.05) is 27.3 Å². The zero-order valence-electron chi connectivity index (χ0n) is 9.98. The topological polar surface area (TPSA) is 21.3 Å².